The molecule has 0 saturated carbocycles. The molecule has 0 aromatic heterocycles. The molecule has 2 unspecified atom stereocenters. The lowest BCUT2D eigenvalue weighted by molar-refractivity contribution is -0.478. The zero-order chi connectivity index (χ0) is 12.4. The van der Waals surface area contributed by atoms with Crippen molar-refractivity contribution in [1.82, 2.24) is 0 Å². The van der Waals surface area contributed by atoms with Crippen LogP contribution >= 0.6 is 0 Å². The second-order valence-corrected chi connectivity index (χ2v) is 2.92. The smallest absolute Gasteiger partial charge is 0.356 e. The van der Waals surface area contributed by atoms with Crippen molar-refractivity contribution in [2.45, 2.75) is 32.7 Å². The lowest BCUT2D eigenvalue weighted by Crippen LogP contribution is -2.38. The van der Waals surface area contributed by atoms with Crippen molar-refractivity contribution in [3.05, 3.63) is 0 Å². The van der Waals surface area contributed by atoms with Gasteiger partial charge in [0.1, 0.15) is 0 Å². The van der Waals surface area contributed by atoms with Gasteiger partial charge in [0.2, 0.25) is 0 Å². The van der Waals surface area contributed by atoms with Gasteiger partial charge in [0.15, 0.2) is 6.29 Å². The Kier molecular flexibility index (Phi) is 8.73. The molecule has 0 bridgehead atoms. The number of rotatable bonds is 10. The van der Waals surface area contributed by atoms with Crippen LogP contribution in [0.25, 0.3) is 0 Å². The van der Waals surface area contributed by atoms with Gasteiger partial charge in [-0.05, 0) is 13.8 Å². The van der Waals surface area contributed by atoms with Crippen molar-refractivity contribution >= 4 is 0 Å². The summed E-state index contributed by atoms with van der Waals surface area (Å²) in [5.41, 5.74) is 0. The van der Waals surface area contributed by atoms with Crippen LogP contribution in [-0.2, 0) is 23.7 Å². The first-order valence-electron chi connectivity index (χ1n) is 5.31. The Hall–Kier alpha value is -0.240. The first kappa shape index (κ1) is 15.8. The van der Waals surface area contributed by atoms with Gasteiger partial charge in [-0.25, -0.2) is 0 Å². The second kappa shape index (κ2) is 8.86. The molecule has 6 heteroatoms. The van der Waals surface area contributed by atoms with Crippen LogP contribution in [-0.4, -0.2) is 51.6 Å². The molecule has 16 heavy (non-hydrogen) atoms. The van der Waals surface area contributed by atoms with Crippen molar-refractivity contribution < 1.29 is 28.8 Å². The predicted molar refractivity (Wildman–Crippen MR) is 56.6 cm³/mol. The first-order chi connectivity index (χ1) is 7.61. The summed E-state index contributed by atoms with van der Waals surface area (Å²) in [4.78, 5) is 0. The SMILES string of the molecule is CCOC(CCOC(O)(OC)OCC)OC. The molecule has 0 aliphatic rings. The number of hydrogen-bond donors (Lipinski definition) is 1. The number of methoxy groups -OCH3 is 2. The first-order valence-corrected chi connectivity index (χ1v) is 5.31. The molecule has 0 heterocycles. The van der Waals surface area contributed by atoms with Crippen LogP contribution in [0.5, 0.6) is 0 Å². The third-order valence-electron chi connectivity index (χ3n) is 1.84. The average Bonchev–Trinajstić information content (AvgIpc) is 2.28. The highest BCUT2D eigenvalue weighted by Crippen LogP contribution is 2.11. The summed E-state index contributed by atoms with van der Waals surface area (Å²) >= 11 is 0. The number of aliphatic hydroxyl groups is 1. The standard InChI is InChI=1S/C10H22O6/c1-5-14-9(12-3)7-8-16-10(11,13-4)15-6-2/h9,11H,5-8H2,1-4H3. The molecule has 98 valence electrons. The molecule has 0 saturated heterocycles. The van der Waals surface area contributed by atoms with Crippen molar-refractivity contribution in [2.75, 3.05) is 34.0 Å². The summed E-state index contributed by atoms with van der Waals surface area (Å²) in [6.07, 6.45) is -1.87. The average molecular weight is 238 g/mol. The maximum atomic E-state index is 9.59. The van der Waals surface area contributed by atoms with Gasteiger partial charge >= 0.3 is 6.16 Å². The summed E-state index contributed by atoms with van der Waals surface area (Å²) in [6, 6.07) is 0. The lowest BCUT2D eigenvalue weighted by atomic mass is 10.4. The summed E-state index contributed by atoms with van der Waals surface area (Å²) in [7, 11) is 2.84. The Balaban J connectivity index is 3.83. The van der Waals surface area contributed by atoms with Crippen LogP contribution in [0.15, 0.2) is 0 Å². The Morgan fingerprint density at radius 2 is 1.81 bits per heavy atom. The molecule has 0 fully saturated rings. The van der Waals surface area contributed by atoms with E-state index in [0.717, 1.165) is 0 Å². The van der Waals surface area contributed by atoms with Gasteiger partial charge in [-0.2, -0.15) is 0 Å². The summed E-state index contributed by atoms with van der Waals surface area (Å²) in [6.45, 7) is 4.63. The monoisotopic (exact) mass is 238 g/mol. The van der Waals surface area contributed by atoms with Crippen LogP contribution in [0.2, 0.25) is 0 Å². The van der Waals surface area contributed by atoms with Gasteiger partial charge in [0.25, 0.3) is 0 Å². The normalized spacial score (nSPS) is 17.1. The minimum absolute atomic E-state index is 0.197. The van der Waals surface area contributed by atoms with Crippen LogP contribution in [0.1, 0.15) is 20.3 Å². The van der Waals surface area contributed by atoms with Crippen molar-refractivity contribution in [3.8, 4) is 0 Å². The summed E-state index contributed by atoms with van der Waals surface area (Å²) < 4.78 is 24.9. The fraction of sp³-hybridized carbons (Fsp3) is 1.00. The topological polar surface area (TPSA) is 66.4 Å². The number of hydrogen-bond acceptors (Lipinski definition) is 6. The van der Waals surface area contributed by atoms with E-state index in [-0.39, 0.29) is 19.5 Å². The lowest BCUT2D eigenvalue weighted by Gasteiger charge is -2.25. The largest absolute Gasteiger partial charge is 0.409 e. The highest BCUT2D eigenvalue weighted by atomic mass is 17.0. The molecular formula is C10H22O6. The Morgan fingerprint density at radius 3 is 2.25 bits per heavy atom. The third kappa shape index (κ3) is 6.37. The fourth-order valence-corrected chi connectivity index (χ4v) is 1.08. The molecule has 0 rings (SSSR count). The van der Waals surface area contributed by atoms with E-state index in [1.807, 2.05) is 6.92 Å². The van der Waals surface area contributed by atoms with Crippen LogP contribution in [0, 0.1) is 0 Å². The molecule has 2 atom stereocenters. The van der Waals surface area contributed by atoms with E-state index >= 15 is 0 Å². The molecule has 0 radical (unpaired) electrons. The quantitative estimate of drug-likeness (QED) is 0.565. The van der Waals surface area contributed by atoms with Gasteiger partial charge in [0.05, 0.1) is 13.2 Å². The Morgan fingerprint density at radius 1 is 1.12 bits per heavy atom. The van der Waals surface area contributed by atoms with E-state index in [1.54, 1.807) is 14.0 Å². The van der Waals surface area contributed by atoms with E-state index < -0.39 is 6.16 Å². The predicted octanol–water partition coefficient (Wildman–Crippen LogP) is 0.689. The summed E-state index contributed by atoms with van der Waals surface area (Å²) in [5, 5.41) is 9.59. The molecule has 6 nitrogen and oxygen atoms in total. The minimum Gasteiger partial charge on any atom is -0.356 e. The zero-order valence-electron chi connectivity index (χ0n) is 10.4. The van der Waals surface area contributed by atoms with E-state index in [4.69, 9.17) is 18.9 Å². The van der Waals surface area contributed by atoms with E-state index in [2.05, 4.69) is 4.74 Å². The van der Waals surface area contributed by atoms with E-state index in [0.29, 0.717) is 13.0 Å². The zero-order valence-corrected chi connectivity index (χ0v) is 10.4. The second-order valence-electron chi connectivity index (χ2n) is 2.92. The Bertz CT molecular complexity index is 165. The van der Waals surface area contributed by atoms with Crippen LogP contribution < -0.4 is 0 Å². The maximum Gasteiger partial charge on any atom is 0.409 e. The Labute approximate surface area is 96.4 Å². The van der Waals surface area contributed by atoms with Gasteiger partial charge in [0, 0.05) is 27.2 Å². The summed E-state index contributed by atoms with van der Waals surface area (Å²) in [5.74, 6) is 0. The van der Waals surface area contributed by atoms with Crippen LogP contribution in [0.4, 0.5) is 0 Å². The van der Waals surface area contributed by atoms with E-state index in [1.165, 1.54) is 7.11 Å². The van der Waals surface area contributed by atoms with Crippen molar-refractivity contribution in [1.29, 1.82) is 0 Å². The van der Waals surface area contributed by atoms with Gasteiger partial charge < -0.3 is 28.8 Å². The number of ether oxygens (including phenoxy) is 5. The van der Waals surface area contributed by atoms with Crippen molar-refractivity contribution in [2.24, 2.45) is 0 Å². The highest BCUT2D eigenvalue weighted by Gasteiger charge is 2.28. The molecular weight excluding hydrogens is 216 g/mol. The van der Waals surface area contributed by atoms with E-state index in [9.17, 15) is 5.11 Å². The molecule has 1 N–H and O–H groups in total. The molecule has 0 amide bonds. The van der Waals surface area contributed by atoms with Crippen LogP contribution in [0.3, 0.4) is 0 Å². The molecule has 0 aliphatic heterocycles. The van der Waals surface area contributed by atoms with Gasteiger partial charge in [-0.1, -0.05) is 0 Å². The maximum absolute atomic E-state index is 9.59. The van der Waals surface area contributed by atoms with Gasteiger partial charge in [-0.15, -0.1) is 0 Å². The van der Waals surface area contributed by atoms with Crippen molar-refractivity contribution in [3.63, 3.8) is 0 Å². The fourth-order valence-electron chi connectivity index (χ4n) is 1.08. The third-order valence-corrected chi connectivity index (χ3v) is 1.84. The molecule has 0 spiro atoms. The molecule has 0 aromatic rings. The van der Waals surface area contributed by atoms with Gasteiger partial charge in [-0.3, -0.25) is 0 Å². The molecule has 0 aromatic carbocycles. The highest BCUT2D eigenvalue weighted by molar-refractivity contribution is 4.45. The minimum atomic E-state index is -1.99. The molecule has 0 aliphatic carbocycles.